The van der Waals surface area contributed by atoms with Gasteiger partial charge in [-0.1, -0.05) is 30.7 Å². The van der Waals surface area contributed by atoms with Crippen LogP contribution in [0.2, 0.25) is 0 Å². The van der Waals surface area contributed by atoms with E-state index in [4.69, 9.17) is 4.74 Å². The first-order valence-electron chi connectivity index (χ1n) is 11.4. The Labute approximate surface area is 204 Å². The summed E-state index contributed by atoms with van der Waals surface area (Å²) in [6.45, 7) is 0.716. The van der Waals surface area contributed by atoms with Crippen molar-refractivity contribution in [3.8, 4) is 5.75 Å². The largest absolute Gasteiger partial charge is 1.00 e. The van der Waals surface area contributed by atoms with E-state index in [-0.39, 0.29) is 41.8 Å². The fourth-order valence-corrected chi connectivity index (χ4v) is 4.85. The zero-order valence-corrected chi connectivity index (χ0v) is 20.2. The fourth-order valence-electron chi connectivity index (χ4n) is 4.85. The number of quaternary nitrogens is 1. The van der Waals surface area contributed by atoms with Gasteiger partial charge in [0.05, 0.1) is 31.3 Å². The third-order valence-corrected chi connectivity index (χ3v) is 6.71. The van der Waals surface area contributed by atoms with Crippen molar-refractivity contribution in [1.82, 2.24) is 0 Å². The number of benzene rings is 2. The molecule has 1 aliphatic carbocycles. The zero-order valence-electron chi connectivity index (χ0n) is 19.4. The zero-order chi connectivity index (χ0) is 23.6. The van der Waals surface area contributed by atoms with Crippen LogP contribution in [0.4, 0.5) is 18.9 Å². The number of anilines is 1. The maximum absolute atomic E-state index is 13.2. The molecular weight excluding hydrogens is 465 g/mol. The van der Waals surface area contributed by atoms with Crippen molar-refractivity contribution < 1.29 is 39.6 Å². The molecular formula is C26H30ClF3N2O2. The van der Waals surface area contributed by atoms with Crippen molar-refractivity contribution in [2.24, 2.45) is 0 Å². The lowest BCUT2D eigenvalue weighted by Gasteiger charge is -2.40. The van der Waals surface area contributed by atoms with E-state index < -0.39 is 11.7 Å². The Morgan fingerprint density at radius 1 is 1.06 bits per heavy atom. The van der Waals surface area contributed by atoms with E-state index in [1.165, 1.54) is 55.9 Å². The second-order valence-corrected chi connectivity index (χ2v) is 9.56. The fraction of sp³-hybridized carbons (Fsp3) is 0.423. The van der Waals surface area contributed by atoms with Crippen LogP contribution >= 0.6 is 0 Å². The molecule has 0 aromatic heterocycles. The monoisotopic (exact) mass is 494 g/mol. The van der Waals surface area contributed by atoms with Crippen LogP contribution in [-0.2, 0) is 17.5 Å². The number of alkyl halides is 3. The van der Waals surface area contributed by atoms with Gasteiger partial charge in [-0.3, -0.25) is 4.79 Å². The summed E-state index contributed by atoms with van der Waals surface area (Å²) in [5.41, 5.74) is 1.54. The van der Waals surface area contributed by atoms with Gasteiger partial charge in [-0.15, -0.1) is 0 Å². The number of carbonyl (C=O) groups is 1. The summed E-state index contributed by atoms with van der Waals surface area (Å²) >= 11 is 0. The van der Waals surface area contributed by atoms with Crippen LogP contribution in [0.15, 0.2) is 48.0 Å². The minimum Gasteiger partial charge on any atom is -1.00 e. The molecule has 2 aliphatic rings. The first kappa shape index (κ1) is 26.1. The molecule has 8 heteroatoms. The Morgan fingerprint density at radius 3 is 2.38 bits per heavy atom. The van der Waals surface area contributed by atoms with Crippen LogP contribution in [0.3, 0.4) is 0 Å². The predicted octanol–water partition coefficient (Wildman–Crippen LogP) is 3.03. The van der Waals surface area contributed by atoms with Crippen molar-refractivity contribution >= 4 is 17.7 Å². The molecule has 1 N–H and O–H groups in total. The lowest BCUT2D eigenvalue weighted by Crippen LogP contribution is -3.00. The minimum absolute atomic E-state index is 0. The average Bonchev–Trinajstić information content (AvgIpc) is 2.79. The van der Waals surface area contributed by atoms with Gasteiger partial charge in [-0.05, 0) is 50.0 Å². The number of ether oxygens (including phenoxy) is 1. The number of rotatable bonds is 5. The van der Waals surface area contributed by atoms with Crippen LogP contribution in [0.1, 0.15) is 48.8 Å². The van der Waals surface area contributed by atoms with E-state index in [0.29, 0.717) is 11.7 Å². The molecule has 1 fully saturated rings. The van der Waals surface area contributed by atoms with E-state index >= 15 is 0 Å². The Bertz CT molecular complexity index is 1040. The summed E-state index contributed by atoms with van der Waals surface area (Å²) in [5.74, 6) is -0.617. The van der Waals surface area contributed by atoms with Crippen molar-refractivity contribution in [3.05, 3.63) is 64.7 Å². The third-order valence-electron chi connectivity index (χ3n) is 6.71. The predicted molar refractivity (Wildman–Crippen MR) is 123 cm³/mol. The molecule has 0 radical (unpaired) electrons. The summed E-state index contributed by atoms with van der Waals surface area (Å²) in [4.78, 5) is 12.7. The number of hydrogen-bond acceptors (Lipinski definition) is 2. The van der Waals surface area contributed by atoms with E-state index in [0.717, 1.165) is 17.1 Å². The minimum atomic E-state index is -4.51. The first-order valence-corrected chi connectivity index (χ1v) is 11.4. The smallest absolute Gasteiger partial charge is 0.419 e. The van der Waals surface area contributed by atoms with Crippen molar-refractivity contribution in [1.29, 1.82) is 0 Å². The van der Waals surface area contributed by atoms with Crippen LogP contribution in [0.5, 0.6) is 5.75 Å². The molecule has 1 saturated carbocycles. The summed E-state index contributed by atoms with van der Waals surface area (Å²) in [5, 5.41) is 2.83. The number of amides is 1. The molecule has 184 valence electrons. The molecule has 1 heterocycles. The molecule has 0 unspecified atom stereocenters. The molecule has 2 aromatic rings. The molecule has 4 rings (SSSR count). The van der Waals surface area contributed by atoms with Gasteiger partial charge >= 0.3 is 6.18 Å². The number of nitrogens with one attached hydrogen (secondary N) is 1. The van der Waals surface area contributed by atoms with Crippen LogP contribution in [0, 0.1) is 0 Å². The second-order valence-electron chi connectivity index (χ2n) is 9.56. The number of fused-ring (bicyclic) bond motifs is 1. The number of nitrogens with zero attached hydrogens (tertiary/aromatic N) is 1. The molecule has 0 atom stereocenters. The highest BCUT2D eigenvalue weighted by Crippen LogP contribution is 2.40. The molecule has 2 aromatic carbocycles. The van der Waals surface area contributed by atoms with Crippen molar-refractivity contribution in [2.45, 2.75) is 50.9 Å². The number of hydrogen-bond donors (Lipinski definition) is 1. The standard InChI is InChI=1S/C26H29F3N2O2.ClH/c1-31(2,22-8-4-3-5-9-22)16-18-11-13-21(14-12-18)30-25(32)20-15-19-7-6-10-23(26(27,28)29)24(19)33-17-20;/h6-7,10-15,22H,3-5,8-9,16-17H2,1-2H3;1H. The Hall–Kier alpha value is -2.51. The topological polar surface area (TPSA) is 38.3 Å². The van der Waals surface area contributed by atoms with Crippen molar-refractivity contribution in [3.63, 3.8) is 0 Å². The normalized spacial score (nSPS) is 16.6. The van der Waals surface area contributed by atoms with Gasteiger partial charge in [-0.2, -0.15) is 13.2 Å². The molecule has 0 spiro atoms. The maximum atomic E-state index is 13.2. The highest BCUT2D eigenvalue weighted by Gasteiger charge is 2.36. The third kappa shape index (κ3) is 5.94. The Morgan fingerprint density at radius 2 is 1.74 bits per heavy atom. The molecule has 1 amide bonds. The van der Waals surface area contributed by atoms with Gasteiger partial charge in [0.25, 0.3) is 5.91 Å². The molecule has 34 heavy (non-hydrogen) atoms. The quantitative estimate of drug-likeness (QED) is 0.649. The van der Waals surface area contributed by atoms with Crippen LogP contribution in [0.25, 0.3) is 6.08 Å². The lowest BCUT2D eigenvalue weighted by molar-refractivity contribution is -0.929. The average molecular weight is 495 g/mol. The van der Waals surface area contributed by atoms with E-state index in [1.807, 2.05) is 24.3 Å². The van der Waals surface area contributed by atoms with Gasteiger partial charge < -0.3 is 26.9 Å². The number of carbonyl (C=O) groups excluding carboxylic acids is 1. The Kier molecular flexibility index (Phi) is 7.98. The lowest BCUT2D eigenvalue weighted by atomic mass is 9.92. The Balaban J connectivity index is 0.00000324. The number of halogens is 4. The van der Waals surface area contributed by atoms with Gasteiger partial charge in [-0.25, -0.2) is 0 Å². The number of para-hydroxylation sites is 1. The van der Waals surface area contributed by atoms with Gasteiger partial charge in [0.15, 0.2) is 0 Å². The van der Waals surface area contributed by atoms with Crippen LogP contribution < -0.4 is 22.5 Å². The van der Waals surface area contributed by atoms with Crippen LogP contribution in [-0.4, -0.2) is 37.1 Å². The van der Waals surface area contributed by atoms with E-state index in [9.17, 15) is 18.0 Å². The summed E-state index contributed by atoms with van der Waals surface area (Å²) < 4.78 is 45.8. The molecule has 0 saturated heterocycles. The summed E-state index contributed by atoms with van der Waals surface area (Å²) in [6.07, 6.45) is 3.43. The highest BCUT2D eigenvalue weighted by atomic mass is 35.5. The first-order chi connectivity index (χ1) is 15.6. The SMILES string of the molecule is C[N+](C)(Cc1ccc(NC(=O)C2=Cc3cccc(C(F)(F)F)c3OC2)cc1)C1CCCCC1.[Cl-]. The van der Waals surface area contributed by atoms with Gasteiger partial charge in [0.1, 0.15) is 18.9 Å². The van der Waals surface area contributed by atoms with Gasteiger partial charge in [0, 0.05) is 16.8 Å². The van der Waals surface area contributed by atoms with E-state index in [1.54, 1.807) is 0 Å². The molecule has 0 bridgehead atoms. The second kappa shape index (κ2) is 10.4. The highest BCUT2D eigenvalue weighted by molar-refractivity contribution is 6.07. The van der Waals surface area contributed by atoms with Gasteiger partial charge in [0.2, 0.25) is 0 Å². The maximum Gasteiger partial charge on any atom is 0.419 e. The summed E-state index contributed by atoms with van der Waals surface area (Å²) in [6, 6.07) is 12.3. The molecule has 4 nitrogen and oxygen atoms in total. The summed E-state index contributed by atoms with van der Waals surface area (Å²) in [7, 11) is 4.56. The molecule has 1 aliphatic heterocycles. The van der Waals surface area contributed by atoms with E-state index in [2.05, 4.69) is 19.4 Å². The van der Waals surface area contributed by atoms with Crippen molar-refractivity contribution in [2.75, 3.05) is 26.0 Å².